The van der Waals surface area contributed by atoms with Gasteiger partial charge in [0.05, 0.1) is 5.69 Å². The van der Waals surface area contributed by atoms with Crippen molar-refractivity contribution in [2.75, 3.05) is 0 Å². The first-order valence-electron chi connectivity index (χ1n) is 12.5. The highest BCUT2D eigenvalue weighted by molar-refractivity contribution is 5.68. The summed E-state index contributed by atoms with van der Waals surface area (Å²) >= 11 is 0. The van der Waals surface area contributed by atoms with Gasteiger partial charge in [-0.3, -0.25) is 4.57 Å². The van der Waals surface area contributed by atoms with Gasteiger partial charge < -0.3 is 14.8 Å². The molecule has 35 heavy (non-hydrogen) atoms. The lowest BCUT2D eigenvalue weighted by molar-refractivity contribution is 0.0504. The average Bonchev–Trinajstić information content (AvgIpc) is 3.15. The molecule has 2 aliphatic rings. The highest BCUT2D eigenvalue weighted by Gasteiger charge is 2.32. The summed E-state index contributed by atoms with van der Waals surface area (Å²) in [5, 5.41) is 12.3. The molecular weight excluding hydrogens is 442 g/mol. The van der Waals surface area contributed by atoms with Crippen LogP contribution in [0.3, 0.4) is 0 Å². The molecule has 1 aliphatic heterocycles. The molecule has 3 aromatic rings. The van der Waals surface area contributed by atoms with E-state index in [1.165, 1.54) is 5.56 Å². The maximum absolute atomic E-state index is 12.5. The molecule has 184 valence electrons. The van der Waals surface area contributed by atoms with E-state index >= 15 is 0 Å². The molecule has 0 spiro atoms. The second kappa shape index (κ2) is 9.68. The minimum Gasteiger partial charge on any atom is -0.474 e. The third kappa shape index (κ3) is 5.47. The highest BCUT2D eigenvalue weighted by atomic mass is 16.6. The molecule has 1 aromatic carbocycles. The summed E-state index contributed by atoms with van der Waals surface area (Å²) in [4.78, 5) is 16.8. The fourth-order valence-electron chi connectivity index (χ4n) is 5.05. The van der Waals surface area contributed by atoms with E-state index in [0.717, 1.165) is 43.0 Å². The zero-order valence-corrected chi connectivity index (χ0v) is 20.6. The van der Waals surface area contributed by atoms with E-state index < -0.39 is 11.7 Å². The predicted octanol–water partition coefficient (Wildman–Crippen LogP) is 4.76. The topological polar surface area (TPSA) is 91.2 Å². The number of pyridine rings is 1. The van der Waals surface area contributed by atoms with Gasteiger partial charge in [-0.05, 0) is 70.6 Å². The molecule has 1 saturated carbocycles. The molecule has 1 aliphatic carbocycles. The summed E-state index contributed by atoms with van der Waals surface area (Å²) in [5.41, 5.74) is 1.72. The normalized spacial score (nSPS) is 21.9. The van der Waals surface area contributed by atoms with Crippen LogP contribution in [0.2, 0.25) is 0 Å². The molecule has 2 aromatic heterocycles. The summed E-state index contributed by atoms with van der Waals surface area (Å²) in [5.74, 6) is 2.87. The van der Waals surface area contributed by atoms with E-state index in [2.05, 4.69) is 37.2 Å². The quantitative estimate of drug-likeness (QED) is 0.585. The maximum atomic E-state index is 12.5. The van der Waals surface area contributed by atoms with Crippen LogP contribution in [0.15, 0.2) is 48.7 Å². The van der Waals surface area contributed by atoms with Crippen LogP contribution in [0, 0.1) is 0 Å². The summed E-state index contributed by atoms with van der Waals surface area (Å²) in [6, 6.07) is 14.0. The number of carbonyl (C=O) groups excluding carboxylic acids is 1. The summed E-state index contributed by atoms with van der Waals surface area (Å²) < 4.78 is 13.8. The van der Waals surface area contributed by atoms with E-state index in [4.69, 9.17) is 9.47 Å². The van der Waals surface area contributed by atoms with Crippen molar-refractivity contribution < 1.29 is 14.3 Å². The number of carbonyl (C=O) groups is 1. The molecule has 1 amide bonds. The Morgan fingerprint density at radius 3 is 2.51 bits per heavy atom. The van der Waals surface area contributed by atoms with Crippen LogP contribution >= 0.6 is 0 Å². The first-order chi connectivity index (χ1) is 16.9. The molecule has 0 bridgehead atoms. The van der Waals surface area contributed by atoms with E-state index in [1.54, 1.807) is 6.20 Å². The highest BCUT2D eigenvalue weighted by Crippen LogP contribution is 2.36. The SMILES string of the molecule is CC(C)(C)OC(=O)NC1Cc2ccccc2-n2c(nnc2C2CCC(Oc3ccccn3)CC2)C1. The lowest BCUT2D eigenvalue weighted by Gasteiger charge is -2.28. The first-order valence-corrected chi connectivity index (χ1v) is 12.5. The zero-order valence-electron chi connectivity index (χ0n) is 20.6. The molecule has 1 N–H and O–H groups in total. The predicted molar refractivity (Wildman–Crippen MR) is 132 cm³/mol. The van der Waals surface area contributed by atoms with Gasteiger partial charge in [0.1, 0.15) is 23.4 Å². The summed E-state index contributed by atoms with van der Waals surface area (Å²) in [6.07, 6.45) is 6.70. The molecular formula is C27H33N5O3. The first kappa shape index (κ1) is 23.3. The van der Waals surface area contributed by atoms with Gasteiger partial charge >= 0.3 is 6.09 Å². The van der Waals surface area contributed by atoms with Crippen molar-refractivity contribution in [3.8, 4) is 11.6 Å². The van der Waals surface area contributed by atoms with Gasteiger partial charge in [-0.25, -0.2) is 9.78 Å². The van der Waals surface area contributed by atoms with Crippen LogP contribution in [0.25, 0.3) is 5.69 Å². The Kier molecular flexibility index (Phi) is 6.45. The van der Waals surface area contributed by atoms with Crippen molar-refractivity contribution in [1.82, 2.24) is 25.1 Å². The van der Waals surface area contributed by atoms with Crippen LogP contribution in [-0.4, -0.2) is 43.6 Å². The molecule has 8 heteroatoms. The van der Waals surface area contributed by atoms with E-state index in [9.17, 15) is 4.79 Å². The van der Waals surface area contributed by atoms with E-state index in [0.29, 0.717) is 24.6 Å². The Hall–Kier alpha value is -3.42. The minimum absolute atomic E-state index is 0.119. The fourth-order valence-corrected chi connectivity index (χ4v) is 5.05. The molecule has 0 radical (unpaired) electrons. The molecule has 0 saturated heterocycles. The lowest BCUT2D eigenvalue weighted by Crippen LogP contribution is -2.41. The fraction of sp³-hybridized carbons (Fsp3) is 0.481. The number of fused-ring (bicyclic) bond motifs is 3. The minimum atomic E-state index is -0.543. The molecule has 3 heterocycles. The number of hydrogen-bond acceptors (Lipinski definition) is 6. The van der Waals surface area contributed by atoms with E-state index in [1.807, 2.05) is 51.1 Å². The number of hydrogen-bond donors (Lipinski definition) is 1. The number of para-hydroxylation sites is 1. The van der Waals surface area contributed by atoms with Crippen molar-refractivity contribution >= 4 is 6.09 Å². The third-order valence-electron chi connectivity index (χ3n) is 6.57. The number of rotatable bonds is 4. The van der Waals surface area contributed by atoms with Gasteiger partial charge in [0.15, 0.2) is 0 Å². The van der Waals surface area contributed by atoms with Crippen LogP contribution < -0.4 is 10.1 Å². The van der Waals surface area contributed by atoms with Gasteiger partial charge in [-0.1, -0.05) is 24.3 Å². The Morgan fingerprint density at radius 2 is 1.77 bits per heavy atom. The number of amides is 1. The number of aromatic nitrogens is 4. The van der Waals surface area contributed by atoms with Crippen LogP contribution in [0.4, 0.5) is 4.79 Å². The number of alkyl carbamates (subject to hydrolysis) is 1. The molecule has 1 atom stereocenters. The molecule has 1 unspecified atom stereocenters. The van der Waals surface area contributed by atoms with Crippen LogP contribution in [0.5, 0.6) is 5.88 Å². The molecule has 1 fully saturated rings. The van der Waals surface area contributed by atoms with E-state index in [-0.39, 0.29) is 12.1 Å². The van der Waals surface area contributed by atoms with Crippen LogP contribution in [0.1, 0.15) is 69.6 Å². The summed E-state index contributed by atoms with van der Waals surface area (Å²) in [7, 11) is 0. The lowest BCUT2D eigenvalue weighted by atomic mass is 9.86. The number of ether oxygens (including phenoxy) is 2. The number of benzene rings is 1. The number of nitrogens with zero attached hydrogens (tertiary/aromatic N) is 4. The van der Waals surface area contributed by atoms with Gasteiger partial charge in [0.2, 0.25) is 5.88 Å². The van der Waals surface area contributed by atoms with Crippen molar-refractivity contribution in [2.45, 2.75) is 83.0 Å². The summed E-state index contributed by atoms with van der Waals surface area (Å²) in [6.45, 7) is 5.61. The second-order valence-corrected chi connectivity index (χ2v) is 10.4. The average molecular weight is 476 g/mol. The largest absolute Gasteiger partial charge is 0.474 e. The standard InChI is InChI=1S/C27H33N5O3/c1-27(2,3)35-26(33)29-20-16-19-8-4-5-9-22(19)32-23(17-20)30-31-25(32)18-11-13-21(14-12-18)34-24-10-6-7-15-28-24/h4-10,15,18,20-21H,11-14,16-17H2,1-3H3,(H,29,33). The second-order valence-electron chi connectivity index (χ2n) is 10.4. The zero-order chi connectivity index (χ0) is 24.4. The van der Waals surface area contributed by atoms with Crippen molar-refractivity contribution in [3.63, 3.8) is 0 Å². The van der Waals surface area contributed by atoms with Crippen molar-refractivity contribution in [3.05, 3.63) is 65.9 Å². The smallest absolute Gasteiger partial charge is 0.407 e. The maximum Gasteiger partial charge on any atom is 0.407 e. The van der Waals surface area contributed by atoms with Crippen molar-refractivity contribution in [1.29, 1.82) is 0 Å². The van der Waals surface area contributed by atoms with Gasteiger partial charge in [-0.2, -0.15) is 0 Å². The van der Waals surface area contributed by atoms with Crippen LogP contribution in [-0.2, 0) is 17.6 Å². The third-order valence-corrected chi connectivity index (χ3v) is 6.57. The molecule has 5 rings (SSSR count). The monoisotopic (exact) mass is 475 g/mol. The van der Waals surface area contributed by atoms with Crippen molar-refractivity contribution in [2.24, 2.45) is 0 Å². The van der Waals surface area contributed by atoms with Gasteiger partial charge in [0, 0.05) is 30.6 Å². The Bertz CT molecular complexity index is 1160. The number of nitrogens with one attached hydrogen (secondary N) is 1. The van der Waals surface area contributed by atoms with Gasteiger partial charge in [0.25, 0.3) is 0 Å². The molecule has 8 nitrogen and oxygen atoms in total. The Balaban J connectivity index is 1.34. The van der Waals surface area contributed by atoms with Gasteiger partial charge in [-0.15, -0.1) is 10.2 Å². The Labute approximate surface area is 206 Å². The Morgan fingerprint density at radius 1 is 1.00 bits per heavy atom.